The Hall–Kier alpha value is -6.54. The smallest absolute Gasteiger partial charge is 0.0433 e. The highest BCUT2D eigenvalue weighted by atomic mass is 32.1. The molecule has 1 aliphatic rings. The van der Waals surface area contributed by atoms with Gasteiger partial charge in [0.15, 0.2) is 0 Å². The number of hydrogen-bond donors (Lipinski definition) is 0. The number of hydrogen-bond acceptors (Lipinski definition) is 1. The van der Waals surface area contributed by atoms with Gasteiger partial charge in [-0.05, 0) is 123 Å². The molecule has 1 heterocycles. The zero-order chi connectivity index (χ0) is 37.1. The fraction of sp³-hybridized carbons (Fsp3) is 0.0545. The molecular formula is C55H36S. The molecule has 10 aromatic carbocycles. The number of benzene rings is 10. The largest absolute Gasteiger partial charge is 0.135 e. The molecule has 0 fully saturated rings. The van der Waals surface area contributed by atoms with Crippen molar-refractivity contribution in [2.45, 2.75) is 19.3 Å². The SMILES string of the molecule is CC1(C)c2ccc(-c3ccc(-c4c5ccccc5c(-c5ccccc5)c5ccccc45)c4ccccc34)cc2-c2cc3ccc4c5ccccc5sc4c3cc21. The summed E-state index contributed by atoms with van der Waals surface area (Å²) in [5.74, 6) is 0. The molecule has 0 aliphatic heterocycles. The Morgan fingerprint density at radius 1 is 0.339 bits per heavy atom. The molecule has 0 saturated carbocycles. The molecule has 1 aromatic heterocycles. The van der Waals surface area contributed by atoms with E-state index < -0.39 is 0 Å². The third-order valence-corrected chi connectivity index (χ3v) is 13.9. The van der Waals surface area contributed by atoms with Crippen molar-refractivity contribution < 1.29 is 0 Å². The van der Waals surface area contributed by atoms with Gasteiger partial charge in [0, 0.05) is 25.6 Å². The molecule has 0 N–H and O–H groups in total. The van der Waals surface area contributed by atoms with Gasteiger partial charge >= 0.3 is 0 Å². The molecule has 0 bridgehead atoms. The Bertz CT molecular complexity index is 3380. The molecule has 56 heavy (non-hydrogen) atoms. The van der Waals surface area contributed by atoms with E-state index in [0.717, 1.165) is 0 Å². The Balaban J connectivity index is 1.06. The fourth-order valence-corrected chi connectivity index (χ4v) is 11.3. The Labute approximate surface area is 329 Å². The first-order valence-corrected chi connectivity index (χ1v) is 20.4. The predicted molar refractivity (Wildman–Crippen MR) is 243 cm³/mol. The van der Waals surface area contributed by atoms with Crippen LogP contribution in [0.5, 0.6) is 0 Å². The van der Waals surface area contributed by atoms with Gasteiger partial charge in [0.05, 0.1) is 0 Å². The maximum Gasteiger partial charge on any atom is 0.0433 e. The first kappa shape index (κ1) is 31.8. The monoisotopic (exact) mass is 728 g/mol. The van der Waals surface area contributed by atoms with Crippen molar-refractivity contribution in [3.8, 4) is 44.5 Å². The number of thiophene rings is 1. The van der Waals surface area contributed by atoms with Gasteiger partial charge < -0.3 is 0 Å². The van der Waals surface area contributed by atoms with Crippen LogP contribution in [0.4, 0.5) is 0 Å². The maximum atomic E-state index is 2.50. The highest BCUT2D eigenvalue weighted by Gasteiger charge is 2.36. The van der Waals surface area contributed by atoms with Crippen molar-refractivity contribution in [3.05, 3.63) is 193 Å². The normalized spacial score (nSPS) is 13.3. The van der Waals surface area contributed by atoms with Crippen LogP contribution in [-0.4, -0.2) is 0 Å². The van der Waals surface area contributed by atoms with Crippen LogP contribution in [-0.2, 0) is 5.41 Å². The van der Waals surface area contributed by atoms with Crippen molar-refractivity contribution in [2.24, 2.45) is 0 Å². The first-order valence-electron chi connectivity index (χ1n) is 19.6. The van der Waals surface area contributed by atoms with E-state index in [2.05, 4.69) is 196 Å². The van der Waals surface area contributed by atoms with Crippen molar-refractivity contribution in [1.29, 1.82) is 0 Å². The lowest BCUT2D eigenvalue weighted by atomic mass is 9.81. The Kier molecular flexibility index (Phi) is 6.66. The third-order valence-electron chi connectivity index (χ3n) is 12.7. The summed E-state index contributed by atoms with van der Waals surface area (Å²) in [5, 5.41) is 13.0. The quantitative estimate of drug-likeness (QED) is 0.159. The van der Waals surface area contributed by atoms with Crippen LogP contribution in [0.25, 0.3) is 108 Å². The van der Waals surface area contributed by atoms with E-state index in [1.807, 2.05) is 11.3 Å². The van der Waals surface area contributed by atoms with E-state index >= 15 is 0 Å². The summed E-state index contributed by atoms with van der Waals surface area (Å²) in [4.78, 5) is 0. The van der Waals surface area contributed by atoms with E-state index in [-0.39, 0.29) is 5.41 Å². The summed E-state index contributed by atoms with van der Waals surface area (Å²) in [6, 6.07) is 68.2. The van der Waals surface area contributed by atoms with Crippen LogP contribution >= 0.6 is 11.3 Å². The van der Waals surface area contributed by atoms with Gasteiger partial charge in [0.25, 0.3) is 0 Å². The highest BCUT2D eigenvalue weighted by Crippen LogP contribution is 2.53. The molecule has 0 amide bonds. The first-order chi connectivity index (χ1) is 27.5. The summed E-state index contributed by atoms with van der Waals surface area (Å²) in [6.45, 7) is 4.80. The fourth-order valence-electron chi connectivity index (χ4n) is 10.0. The lowest BCUT2D eigenvalue weighted by Crippen LogP contribution is -2.14. The molecule has 0 nitrogen and oxygen atoms in total. The number of rotatable bonds is 3. The summed E-state index contributed by atoms with van der Waals surface area (Å²) in [7, 11) is 0. The standard InChI is InChI=1S/C55H36S/c1-55(2)49-29-25-34(30-47(49)48-31-35-24-26-45-39-18-12-13-23-51(39)56-54(45)46(35)32-50(48)55)36-27-28-44(38-17-7-6-16-37(36)38)53-42-21-10-8-19-40(42)52(33-14-4-3-5-15-33)41-20-9-11-22-43(41)53/h3-32H,1-2H3. The van der Waals surface area contributed by atoms with Gasteiger partial charge in [-0.2, -0.15) is 0 Å². The third kappa shape index (κ3) is 4.41. The van der Waals surface area contributed by atoms with Gasteiger partial charge in [-0.3, -0.25) is 0 Å². The van der Waals surface area contributed by atoms with Crippen LogP contribution < -0.4 is 0 Å². The van der Waals surface area contributed by atoms with Crippen LogP contribution in [0.2, 0.25) is 0 Å². The van der Waals surface area contributed by atoms with Crippen molar-refractivity contribution in [1.82, 2.24) is 0 Å². The summed E-state index contributed by atoms with van der Waals surface area (Å²) in [5.41, 5.74) is 13.0. The maximum absolute atomic E-state index is 2.50. The molecule has 0 unspecified atom stereocenters. The Morgan fingerprint density at radius 3 is 1.62 bits per heavy atom. The molecule has 12 rings (SSSR count). The molecule has 262 valence electrons. The lowest BCUT2D eigenvalue weighted by molar-refractivity contribution is 0.661. The predicted octanol–water partition coefficient (Wildman–Crippen LogP) is 16.0. The van der Waals surface area contributed by atoms with E-state index in [1.165, 1.54) is 119 Å². The molecule has 11 aromatic rings. The summed E-state index contributed by atoms with van der Waals surface area (Å²) < 4.78 is 2.74. The minimum atomic E-state index is -0.101. The summed E-state index contributed by atoms with van der Waals surface area (Å²) >= 11 is 1.92. The van der Waals surface area contributed by atoms with E-state index in [1.54, 1.807) is 0 Å². The molecule has 0 saturated heterocycles. The number of fused-ring (bicyclic) bond motifs is 11. The second-order valence-corrected chi connectivity index (χ2v) is 17.0. The van der Waals surface area contributed by atoms with Crippen LogP contribution in [0.15, 0.2) is 182 Å². The Morgan fingerprint density at radius 2 is 0.911 bits per heavy atom. The van der Waals surface area contributed by atoms with Crippen LogP contribution in [0.3, 0.4) is 0 Å². The van der Waals surface area contributed by atoms with Gasteiger partial charge in [-0.15, -0.1) is 11.3 Å². The summed E-state index contributed by atoms with van der Waals surface area (Å²) in [6.07, 6.45) is 0. The molecule has 0 radical (unpaired) electrons. The van der Waals surface area contributed by atoms with Gasteiger partial charge in [0.2, 0.25) is 0 Å². The second kappa shape index (κ2) is 11.7. The highest BCUT2D eigenvalue weighted by molar-refractivity contribution is 7.26. The van der Waals surface area contributed by atoms with Crippen LogP contribution in [0, 0.1) is 0 Å². The van der Waals surface area contributed by atoms with Crippen molar-refractivity contribution in [3.63, 3.8) is 0 Å². The molecule has 0 spiro atoms. The molecule has 1 aliphatic carbocycles. The minimum Gasteiger partial charge on any atom is -0.135 e. The van der Waals surface area contributed by atoms with E-state index in [0.29, 0.717) is 0 Å². The zero-order valence-electron chi connectivity index (χ0n) is 31.2. The lowest BCUT2D eigenvalue weighted by Gasteiger charge is -2.22. The minimum absolute atomic E-state index is 0.101. The van der Waals surface area contributed by atoms with Gasteiger partial charge in [0.1, 0.15) is 0 Å². The average Bonchev–Trinajstić information content (AvgIpc) is 3.73. The molecule has 0 atom stereocenters. The van der Waals surface area contributed by atoms with Crippen molar-refractivity contribution in [2.75, 3.05) is 0 Å². The topological polar surface area (TPSA) is 0 Å². The molecular weight excluding hydrogens is 693 g/mol. The second-order valence-electron chi connectivity index (χ2n) is 16.0. The van der Waals surface area contributed by atoms with Gasteiger partial charge in [-0.25, -0.2) is 0 Å². The molecule has 1 heteroatoms. The van der Waals surface area contributed by atoms with Crippen molar-refractivity contribution >= 4 is 74.6 Å². The van der Waals surface area contributed by atoms with Gasteiger partial charge in [-0.1, -0.05) is 172 Å². The van der Waals surface area contributed by atoms with E-state index in [4.69, 9.17) is 0 Å². The van der Waals surface area contributed by atoms with Crippen LogP contribution in [0.1, 0.15) is 25.0 Å². The average molecular weight is 729 g/mol. The van der Waals surface area contributed by atoms with E-state index in [9.17, 15) is 0 Å². The zero-order valence-corrected chi connectivity index (χ0v) is 32.0.